The van der Waals surface area contributed by atoms with Crippen LogP contribution in [0.3, 0.4) is 0 Å². The number of aryl methyl sites for hydroxylation is 3. The molecule has 0 aromatic heterocycles. The molecule has 0 fully saturated rings. The third-order valence-electron chi connectivity index (χ3n) is 7.37. The van der Waals surface area contributed by atoms with Crippen LogP contribution < -0.4 is 10.1 Å². The summed E-state index contributed by atoms with van der Waals surface area (Å²) in [6, 6.07) is 16.1. The van der Waals surface area contributed by atoms with Gasteiger partial charge in [-0.25, -0.2) is 12.8 Å². The molecule has 1 atom stereocenters. The molecule has 0 radical (unpaired) electrons. The zero-order valence-corrected chi connectivity index (χ0v) is 23.5. The molecule has 3 aromatic rings. The van der Waals surface area contributed by atoms with Gasteiger partial charge in [0.2, 0.25) is 0 Å². The molecule has 0 saturated carbocycles. The molecule has 1 heterocycles. The van der Waals surface area contributed by atoms with E-state index in [9.17, 15) is 13.2 Å². The SMILES string of the molecule is CCS(=O)(=O)CCCOc1cc(C)c(-c2cccc(C3CCc4cc(CCC(=O)O)ccc4N3)c2)c(C)c1F. The fourth-order valence-electron chi connectivity index (χ4n) is 5.20. The van der Waals surface area contributed by atoms with Crippen molar-refractivity contribution in [3.63, 3.8) is 0 Å². The third kappa shape index (κ3) is 6.98. The fourth-order valence-corrected chi connectivity index (χ4v) is 6.05. The molecule has 1 unspecified atom stereocenters. The lowest BCUT2D eigenvalue weighted by molar-refractivity contribution is -0.136. The van der Waals surface area contributed by atoms with Gasteiger partial charge in [0.25, 0.3) is 0 Å². The fraction of sp³-hybridized carbons (Fsp3) is 0.387. The van der Waals surface area contributed by atoms with E-state index in [-0.39, 0.29) is 36.3 Å². The first-order valence-corrected chi connectivity index (χ1v) is 15.2. The van der Waals surface area contributed by atoms with Crippen molar-refractivity contribution in [1.82, 2.24) is 0 Å². The summed E-state index contributed by atoms with van der Waals surface area (Å²) in [4.78, 5) is 10.9. The number of fused-ring (bicyclic) bond motifs is 1. The van der Waals surface area contributed by atoms with Crippen LogP contribution in [0, 0.1) is 19.7 Å². The van der Waals surface area contributed by atoms with Crippen molar-refractivity contribution in [1.29, 1.82) is 0 Å². The summed E-state index contributed by atoms with van der Waals surface area (Å²) in [5.41, 5.74) is 7.55. The van der Waals surface area contributed by atoms with Gasteiger partial charge in [-0.05, 0) is 96.7 Å². The number of carboxylic acids is 1. The number of benzene rings is 3. The number of sulfone groups is 1. The summed E-state index contributed by atoms with van der Waals surface area (Å²) in [6.07, 6.45) is 2.74. The minimum atomic E-state index is -3.08. The molecule has 8 heteroatoms. The van der Waals surface area contributed by atoms with Crippen LogP contribution in [0.15, 0.2) is 48.5 Å². The van der Waals surface area contributed by atoms with Crippen LogP contribution in [0.4, 0.5) is 10.1 Å². The Morgan fingerprint density at radius 3 is 2.69 bits per heavy atom. The second-order valence-corrected chi connectivity index (χ2v) is 12.7. The Balaban J connectivity index is 1.50. The first-order valence-electron chi connectivity index (χ1n) is 13.4. The van der Waals surface area contributed by atoms with Crippen LogP contribution in [-0.4, -0.2) is 37.6 Å². The third-order valence-corrected chi connectivity index (χ3v) is 9.16. The van der Waals surface area contributed by atoms with Crippen molar-refractivity contribution in [3.8, 4) is 16.9 Å². The standard InChI is InChI=1S/C31H36FNO5S/c1-4-39(36,37)16-6-15-38-28-17-20(2)30(21(3)31(28)32)25-8-5-7-23(19-25)27-13-11-24-18-22(10-14-29(34)35)9-12-26(24)33-27/h5,7-9,12,17-19,27,33H,4,6,10-11,13-16H2,1-3H3,(H,34,35). The normalized spacial score (nSPS) is 14.9. The van der Waals surface area contributed by atoms with Gasteiger partial charge in [-0.1, -0.05) is 37.3 Å². The summed E-state index contributed by atoms with van der Waals surface area (Å²) in [7, 11) is -3.08. The highest BCUT2D eigenvalue weighted by atomic mass is 32.2. The molecule has 0 saturated heterocycles. The Labute approximate surface area is 230 Å². The molecule has 39 heavy (non-hydrogen) atoms. The minimum absolute atomic E-state index is 0.0273. The molecule has 3 aromatic carbocycles. The smallest absolute Gasteiger partial charge is 0.303 e. The average molecular weight is 554 g/mol. The van der Waals surface area contributed by atoms with Gasteiger partial charge in [-0.15, -0.1) is 0 Å². The monoisotopic (exact) mass is 553 g/mol. The van der Waals surface area contributed by atoms with Crippen molar-refractivity contribution in [2.45, 2.75) is 58.9 Å². The predicted molar refractivity (Wildman–Crippen MR) is 153 cm³/mol. The quantitative estimate of drug-likeness (QED) is 0.266. The number of nitrogens with one attached hydrogen (secondary N) is 1. The van der Waals surface area contributed by atoms with Crippen LogP contribution >= 0.6 is 0 Å². The van der Waals surface area contributed by atoms with E-state index >= 15 is 4.39 Å². The number of hydrogen-bond donors (Lipinski definition) is 2. The summed E-state index contributed by atoms with van der Waals surface area (Å²) < 4.78 is 44.3. The van der Waals surface area contributed by atoms with Crippen LogP contribution in [-0.2, 0) is 27.5 Å². The van der Waals surface area contributed by atoms with Gasteiger partial charge in [-0.2, -0.15) is 0 Å². The maximum atomic E-state index is 15.3. The number of aliphatic carboxylic acids is 1. The molecular weight excluding hydrogens is 517 g/mol. The Hall–Kier alpha value is -3.39. The van der Waals surface area contributed by atoms with Crippen molar-refractivity contribution in [2.75, 3.05) is 23.4 Å². The van der Waals surface area contributed by atoms with Crippen molar-refractivity contribution < 1.29 is 27.4 Å². The Bertz CT molecular complexity index is 1470. The zero-order chi connectivity index (χ0) is 28.2. The van der Waals surface area contributed by atoms with Crippen LogP contribution in [0.2, 0.25) is 0 Å². The molecule has 1 aliphatic rings. The molecular formula is C31H36FNO5S. The van der Waals surface area contributed by atoms with Gasteiger partial charge in [0, 0.05) is 17.9 Å². The van der Waals surface area contributed by atoms with E-state index in [1.165, 1.54) is 5.56 Å². The van der Waals surface area contributed by atoms with E-state index in [4.69, 9.17) is 9.84 Å². The summed E-state index contributed by atoms with van der Waals surface area (Å²) >= 11 is 0. The van der Waals surface area contributed by atoms with Gasteiger partial charge >= 0.3 is 5.97 Å². The Morgan fingerprint density at radius 2 is 1.95 bits per heavy atom. The van der Waals surface area contributed by atoms with Crippen molar-refractivity contribution in [2.24, 2.45) is 0 Å². The highest BCUT2D eigenvalue weighted by Gasteiger charge is 2.22. The van der Waals surface area contributed by atoms with Gasteiger partial charge in [0.1, 0.15) is 9.84 Å². The number of rotatable bonds is 11. The van der Waals surface area contributed by atoms with Crippen molar-refractivity contribution in [3.05, 3.63) is 82.2 Å². The topological polar surface area (TPSA) is 92.7 Å². The van der Waals surface area contributed by atoms with Crippen LogP contribution in [0.1, 0.15) is 60.0 Å². The lowest BCUT2D eigenvalue weighted by Crippen LogP contribution is -2.18. The van der Waals surface area contributed by atoms with Gasteiger partial charge in [-0.3, -0.25) is 4.79 Å². The minimum Gasteiger partial charge on any atom is -0.490 e. The van der Waals surface area contributed by atoms with E-state index < -0.39 is 21.6 Å². The average Bonchev–Trinajstić information content (AvgIpc) is 2.92. The van der Waals surface area contributed by atoms with E-state index in [2.05, 4.69) is 23.5 Å². The molecule has 0 spiro atoms. The number of hydrogen-bond acceptors (Lipinski definition) is 5. The molecule has 4 rings (SSSR count). The number of carbonyl (C=O) groups is 1. The molecule has 0 amide bonds. The van der Waals surface area contributed by atoms with E-state index in [1.807, 2.05) is 31.2 Å². The number of ether oxygens (including phenoxy) is 1. The largest absolute Gasteiger partial charge is 0.490 e. The van der Waals surface area contributed by atoms with Gasteiger partial charge in [0.05, 0.1) is 18.4 Å². The van der Waals surface area contributed by atoms with Gasteiger partial charge < -0.3 is 15.2 Å². The zero-order valence-electron chi connectivity index (χ0n) is 22.7. The van der Waals surface area contributed by atoms with Crippen LogP contribution in [0.25, 0.3) is 11.1 Å². The maximum Gasteiger partial charge on any atom is 0.303 e. The molecule has 208 valence electrons. The van der Waals surface area contributed by atoms with E-state index in [0.717, 1.165) is 46.3 Å². The van der Waals surface area contributed by atoms with Crippen molar-refractivity contribution >= 4 is 21.5 Å². The summed E-state index contributed by atoms with van der Waals surface area (Å²) in [5, 5.41) is 12.6. The van der Waals surface area contributed by atoms with E-state index in [0.29, 0.717) is 18.4 Å². The highest BCUT2D eigenvalue weighted by molar-refractivity contribution is 7.91. The molecule has 6 nitrogen and oxygen atoms in total. The lowest BCUT2D eigenvalue weighted by Gasteiger charge is -2.28. The summed E-state index contributed by atoms with van der Waals surface area (Å²) in [5.74, 6) is -0.959. The molecule has 0 aliphatic carbocycles. The predicted octanol–water partition coefficient (Wildman–Crippen LogP) is 6.43. The Kier molecular flexibility index (Phi) is 8.95. The number of halogens is 1. The first kappa shape index (κ1) is 28.6. The first-order chi connectivity index (χ1) is 18.6. The van der Waals surface area contributed by atoms with Crippen LogP contribution in [0.5, 0.6) is 5.75 Å². The molecule has 0 bridgehead atoms. The summed E-state index contributed by atoms with van der Waals surface area (Å²) in [6.45, 7) is 5.43. The van der Waals surface area contributed by atoms with E-state index in [1.54, 1.807) is 19.9 Å². The lowest BCUT2D eigenvalue weighted by atomic mass is 9.89. The second kappa shape index (κ2) is 12.2. The highest BCUT2D eigenvalue weighted by Crippen LogP contribution is 2.38. The molecule has 1 aliphatic heterocycles. The molecule has 2 N–H and O–H groups in total. The van der Waals surface area contributed by atoms with Gasteiger partial charge in [0.15, 0.2) is 11.6 Å². The Morgan fingerprint density at radius 1 is 1.15 bits per heavy atom. The second-order valence-electron chi connectivity index (χ2n) is 10.2. The number of carboxylic acid groups (broad SMARTS) is 1. The maximum absolute atomic E-state index is 15.3. The number of anilines is 1.